The van der Waals surface area contributed by atoms with E-state index in [0.717, 1.165) is 38.8 Å². The lowest BCUT2D eigenvalue weighted by atomic mass is 10.1. The SMILES string of the molecule is CCC(C)NC(=O)CCNC(=O)c1cc([N+](=O)[O-])ccc1N1CCCCC1. The molecule has 0 spiro atoms. The van der Waals surface area contributed by atoms with Crippen LogP contribution in [0.4, 0.5) is 11.4 Å². The molecule has 1 saturated heterocycles. The van der Waals surface area contributed by atoms with E-state index in [1.54, 1.807) is 6.07 Å². The van der Waals surface area contributed by atoms with Gasteiger partial charge in [0, 0.05) is 44.2 Å². The molecule has 0 aliphatic carbocycles. The summed E-state index contributed by atoms with van der Waals surface area (Å²) in [7, 11) is 0. The molecule has 27 heavy (non-hydrogen) atoms. The summed E-state index contributed by atoms with van der Waals surface area (Å²) in [4.78, 5) is 37.2. The number of nitro benzene ring substituents is 1. The summed E-state index contributed by atoms with van der Waals surface area (Å²) in [5.74, 6) is -0.518. The number of hydrogen-bond acceptors (Lipinski definition) is 5. The van der Waals surface area contributed by atoms with E-state index in [1.165, 1.54) is 12.1 Å². The van der Waals surface area contributed by atoms with Crippen molar-refractivity contribution in [2.24, 2.45) is 0 Å². The number of amides is 2. The standard InChI is InChI=1S/C19H28N4O4/c1-3-14(2)21-18(24)9-10-20-19(25)16-13-15(23(26)27)7-8-17(16)22-11-5-4-6-12-22/h7-8,13-14H,3-6,9-12H2,1-2H3,(H,20,25)(H,21,24). The molecule has 1 aliphatic heterocycles. The Hall–Kier alpha value is -2.64. The van der Waals surface area contributed by atoms with E-state index in [1.807, 2.05) is 13.8 Å². The Morgan fingerprint density at radius 2 is 1.96 bits per heavy atom. The van der Waals surface area contributed by atoms with E-state index in [2.05, 4.69) is 15.5 Å². The molecule has 1 aliphatic rings. The number of benzene rings is 1. The minimum Gasteiger partial charge on any atom is -0.371 e. The molecule has 1 aromatic carbocycles. The molecule has 2 N–H and O–H groups in total. The van der Waals surface area contributed by atoms with Crippen molar-refractivity contribution in [1.82, 2.24) is 10.6 Å². The minimum atomic E-state index is -0.504. The van der Waals surface area contributed by atoms with Crippen molar-refractivity contribution in [2.75, 3.05) is 24.5 Å². The third kappa shape index (κ3) is 5.94. The fourth-order valence-electron chi connectivity index (χ4n) is 3.06. The zero-order valence-corrected chi connectivity index (χ0v) is 16.0. The highest BCUT2D eigenvalue weighted by Crippen LogP contribution is 2.28. The Morgan fingerprint density at radius 3 is 2.59 bits per heavy atom. The molecule has 0 bridgehead atoms. The van der Waals surface area contributed by atoms with Gasteiger partial charge in [-0.25, -0.2) is 0 Å². The summed E-state index contributed by atoms with van der Waals surface area (Å²) in [6.07, 6.45) is 4.23. The van der Waals surface area contributed by atoms with E-state index < -0.39 is 10.8 Å². The van der Waals surface area contributed by atoms with Crippen LogP contribution >= 0.6 is 0 Å². The number of hydrogen-bond donors (Lipinski definition) is 2. The van der Waals surface area contributed by atoms with Gasteiger partial charge in [0.05, 0.1) is 16.2 Å². The van der Waals surface area contributed by atoms with Crippen LogP contribution in [0.2, 0.25) is 0 Å². The maximum atomic E-state index is 12.7. The van der Waals surface area contributed by atoms with Crippen LogP contribution in [-0.4, -0.2) is 42.4 Å². The molecule has 0 aromatic heterocycles. The molecule has 2 amide bonds. The fraction of sp³-hybridized carbons (Fsp3) is 0.579. The molecule has 1 fully saturated rings. The van der Waals surface area contributed by atoms with Gasteiger partial charge in [0.1, 0.15) is 0 Å². The van der Waals surface area contributed by atoms with Gasteiger partial charge in [0.25, 0.3) is 11.6 Å². The predicted molar refractivity (Wildman–Crippen MR) is 104 cm³/mol. The molecule has 1 heterocycles. The average Bonchev–Trinajstić information content (AvgIpc) is 2.67. The summed E-state index contributed by atoms with van der Waals surface area (Å²) in [6.45, 7) is 5.75. The summed E-state index contributed by atoms with van der Waals surface area (Å²) in [5.41, 5.74) is 0.880. The number of anilines is 1. The maximum absolute atomic E-state index is 12.7. The highest BCUT2D eigenvalue weighted by atomic mass is 16.6. The monoisotopic (exact) mass is 376 g/mol. The largest absolute Gasteiger partial charge is 0.371 e. The zero-order valence-electron chi connectivity index (χ0n) is 16.0. The van der Waals surface area contributed by atoms with Crippen molar-refractivity contribution in [1.29, 1.82) is 0 Å². The van der Waals surface area contributed by atoms with Gasteiger partial charge in [0.15, 0.2) is 0 Å². The molecule has 2 rings (SSSR count). The number of nitro groups is 1. The minimum absolute atomic E-state index is 0.0932. The Kier molecular flexibility index (Phi) is 7.57. The first-order chi connectivity index (χ1) is 12.9. The number of carbonyl (C=O) groups is 2. The van der Waals surface area contributed by atoms with Crippen LogP contribution in [0.3, 0.4) is 0 Å². The normalized spacial score (nSPS) is 15.1. The number of nitrogens with zero attached hydrogens (tertiary/aromatic N) is 2. The van der Waals surface area contributed by atoms with E-state index in [4.69, 9.17) is 0 Å². The smallest absolute Gasteiger partial charge is 0.270 e. The second-order valence-corrected chi connectivity index (χ2v) is 6.89. The number of nitrogens with one attached hydrogen (secondary N) is 2. The van der Waals surface area contributed by atoms with Crippen molar-refractivity contribution >= 4 is 23.2 Å². The van der Waals surface area contributed by atoms with Crippen molar-refractivity contribution in [3.05, 3.63) is 33.9 Å². The zero-order chi connectivity index (χ0) is 19.8. The van der Waals surface area contributed by atoms with Crippen LogP contribution in [0.1, 0.15) is 56.3 Å². The number of carbonyl (C=O) groups excluding carboxylic acids is 2. The molecule has 1 atom stereocenters. The maximum Gasteiger partial charge on any atom is 0.270 e. The highest BCUT2D eigenvalue weighted by Gasteiger charge is 2.21. The summed E-state index contributed by atoms with van der Waals surface area (Å²) < 4.78 is 0. The third-order valence-electron chi connectivity index (χ3n) is 4.79. The second kappa shape index (κ2) is 9.89. The lowest BCUT2D eigenvalue weighted by Gasteiger charge is -2.30. The van der Waals surface area contributed by atoms with Gasteiger partial charge < -0.3 is 15.5 Å². The summed E-state index contributed by atoms with van der Waals surface area (Å²) >= 11 is 0. The fourth-order valence-corrected chi connectivity index (χ4v) is 3.06. The molecular weight excluding hydrogens is 348 g/mol. The first-order valence-electron chi connectivity index (χ1n) is 9.53. The van der Waals surface area contributed by atoms with Crippen molar-refractivity contribution in [2.45, 2.75) is 52.0 Å². The van der Waals surface area contributed by atoms with E-state index in [9.17, 15) is 19.7 Å². The first-order valence-corrected chi connectivity index (χ1v) is 9.53. The molecule has 0 radical (unpaired) electrons. The quantitative estimate of drug-likeness (QED) is 0.536. The van der Waals surface area contributed by atoms with Gasteiger partial charge in [-0.3, -0.25) is 19.7 Å². The van der Waals surface area contributed by atoms with Gasteiger partial charge in [-0.05, 0) is 38.7 Å². The van der Waals surface area contributed by atoms with E-state index in [0.29, 0.717) is 5.69 Å². The molecular formula is C19H28N4O4. The molecule has 1 unspecified atom stereocenters. The lowest BCUT2D eigenvalue weighted by molar-refractivity contribution is -0.384. The molecule has 0 saturated carbocycles. The topological polar surface area (TPSA) is 105 Å². The molecule has 1 aromatic rings. The Morgan fingerprint density at radius 1 is 1.26 bits per heavy atom. The van der Waals surface area contributed by atoms with Gasteiger partial charge >= 0.3 is 0 Å². The lowest BCUT2D eigenvalue weighted by Crippen LogP contribution is -2.36. The van der Waals surface area contributed by atoms with Crippen molar-refractivity contribution < 1.29 is 14.5 Å². The molecule has 8 nitrogen and oxygen atoms in total. The second-order valence-electron chi connectivity index (χ2n) is 6.89. The summed E-state index contributed by atoms with van der Waals surface area (Å²) in [6, 6.07) is 4.49. The number of piperidine rings is 1. The van der Waals surface area contributed by atoms with E-state index >= 15 is 0 Å². The van der Waals surface area contributed by atoms with Crippen LogP contribution < -0.4 is 15.5 Å². The van der Waals surface area contributed by atoms with Crippen LogP contribution in [0.5, 0.6) is 0 Å². The van der Waals surface area contributed by atoms with Gasteiger partial charge in [0.2, 0.25) is 5.91 Å². The van der Waals surface area contributed by atoms with Crippen LogP contribution in [0.25, 0.3) is 0 Å². The first kappa shape index (κ1) is 20.7. The summed E-state index contributed by atoms with van der Waals surface area (Å²) in [5, 5.41) is 16.7. The van der Waals surface area contributed by atoms with Gasteiger partial charge in [-0.15, -0.1) is 0 Å². The van der Waals surface area contributed by atoms with Gasteiger partial charge in [-0.2, -0.15) is 0 Å². The highest BCUT2D eigenvalue weighted by molar-refractivity contribution is 6.00. The van der Waals surface area contributed by atoms with Gasteiger partial charge in [-0.1, -0.05) is 6.92 Å². The Bertz CT molecular complexity index is 686. The van der Waals surface area contributed by atoms with Crippen LogP contribution in [-0.2, 0) is 4.79 Å². The Labute approximate surface area is 159 Å². The predicted octanol–water partition coefficient (Wildman–Crippen LogP) is 2.62. The molecule has 8 heteroatoms. The van der Waals surface area contributed by atoms with Crippen molar-refractivity contribution in [3.63, 3.8) is 0 Å². The van der Waals surface area contributed by atoms with Crippen LogP contribution in [0, 0.1) is 10.1 Å². The average molecular weight is 376 g/mol. The van der Waals surface area contributed by atoms with Crippen LogP contribution in [0.15, 0.2) is 18.2 Å². The third-order valence-corrected chi connectivity index (χ3v) is 4.79. The number of non-ortho nitro benzene ring substituents is 1. The number of rotatable bonds is 8. The Balaban J connectivity index is 2.07. The van der Waals surface area contributed by atoms with E-state index in [-0.39, 0.29) is 36.2 Å². The van der Waals surface area contributed by atoms with Crippen molar-refractivity contribution in [3.8, 4) is 0 Å². The molecule has 148 valence electrons.